The number of benzene rings is 3. The molecule has 0 aliphatic carbocycles. The zero-order valence-electron chi connectivity index (χ0n) is 25.7. The zero-order chi connectivity index (χ0) is 33.3. The van der Waals surface area contributed by atoms with Gasteiger partial charge in [-0.2, -0.15) is 0 Å². The summed E-state index contributed by atoms with van der Waals surface area (Å²) in [4.78, 5) is 29.0. The van der Waals surface area contributed by atoms with E-state index in [-0.39, 0.29) is 18.9 Å². The van der Waals surface area contributed by atoms with E-state index in [0.29, 0.717) is 74.9 Å². The topological polar surface area (TPSA) is 97.8 Å². The normalized spacial score (nSPS) is 16.1. The molecule has 0 unspecified atom stereocenters. The van der Waals surface area contributed by atoms with E-state index < -0.39 is 5.97 Å². The number of carbonyl (C=O) groups excluding carboxylic acids is 1. The van der Waals surface area contributed by atoms with Gasteiger partial charge in [0.05, 0.1) is 38.3 Å². The van der Waals surface area contributed by atoms with Crippen LogP contribution >= 0.6 is 47.2 Å². The zero-order valence-corrected chi connectivity index (χ0v) is 28.9. The van der Waals surface area contributed by atoms with Crippen molar-refractivity contribution in [2.75, 3.05) is 59.7 Å². The number of carboxylic acid groups (broad SMARTS) is 1. The Morgan fingerprint density at radius 1 is 1.00 bits per heavy atom. The number of ether oxygens (including phenoxy) is 4. The van der Waals surface area contributed by atoms with Crippen molar-refractivity contribution in [1.29, 1.82) is 0 Å². The molecule has 2 aliphatic heterocycles. The molecule has 2 heterocycles. The Kier molecular flexibility index (Phi) is 12.4. The molecule has 13 heteroatoms. The molecular weight excluding hydrogens is 683 g/mol. The molecule has 0 spiro atoms. The first-order chi connectivity index (χ1) is 22.7. The van der Waals surface area contributed by atoms with Gasteiger partial charge in [-0.3, -0.25) is 19.4 Å². The Bertz CT molecular complexity index is 1660. The Labute approximate surface area is 293 Å². The number of carboxylic acids is 1. The lowest BCUT2D eigenvalue weighted by molar-refractivity contribution is -0.136. The first kappa shape index (κ1) is 35.0. The minimum absolute atomic E-state index is 0.125. The number of thioether (sulfide) groups is 1. The van der Waals surface area contributed by atoms with Crippen LogP contribution in [0.1, 0.15) is 17.5 Å². The maximum Gasteiger partial charge on any atom is 0.307 e. The third-order valence-electron chi connectivity index (χ3n) is 7.55. The summed E-state index contributed by atoms with van der Waals surface area (Å²) in [5.41, 5.74) is 2.99. The number of halogens is 2. The van der Waals surface area contributed by atoms with Crippen LogP contribution in [0.3, 0.4) is 0 Å². The summed E-state index contributed by atoms with van der Waals surface area (Å²) in [6.45, 7) is 5.01. The monoisotopic (exact) mass is 716 g/mol. The molecule has 0 bridgehead atoms. The molecule has 0 atom stereocenters. The lowest BCUT2D eigenvalue weighted by Gasteiger charge is -2.26. The molecule has 47 heavy (non-hydrogen) atoms. The molecule has 1 amide bonds. The number of hydrogen-bond donors (Lipinski definition) is 1. The van der Waals surface area contributed by atoms with Crippen LogP contribution in [0.25, 0.3) is 17.2 Å². The Morgan fingerprint density at radius 3 is 2.51 bits per heavy atom. The van der Waals surface area contributed by atoms with E-state index in [1.54, 1.807) is 35.2 Å². The Morgan fingerprint density at radius 2 is 1.77 bits per heavy atom. The van der Waals surface area contributed by atoms with Crippen molar-refractivity contribution in [3.05, 3.63) is 80.7 Å². The molecule has 0 aromatic heterocycles. The lowest BCUT2D eigenvalue weighted by Crippen LogP contribution is -2.38. The van der Waals surface area contributed by atoms with E-state index >= 15 is 0 Å². The molecule has 2 aliphatic rings. The number of methoxy groups -OCH3 is 1. The predicted molar refractivity (Wildman–Crippen MR) is 189 cm³/mol. The van der Waals surface area contributed by atoms with Crippen molar-refractivity contribution in [2.45, 2.75) is 12.8 Å². The number of carbonyl (C=O) groups is 2. The summed E-state index contributed by atoms with van der Waals surface area (Å²) >= 11 is 19.5. The third-order valence-corrected chi connectivity index (χ3v) is 9.47. The van der Waals surface area contributed by atoms with Gasteiger partial charge < -0.3 is 24.1 Å². The van der Waals surface area contributed by atoms with E-state index in [1.165, 1.54) is 18.9 Å². The fraction of sp³-hybridized carbons (Fsp3) is 0.324. The third kappa shape index (κ3) is 9.40. The number of thiocarbonyl (C=S) groups is 1. The van der Waals surface area contributed by atoms with Crippen molar-refractivity contribution in [3.63, 3.8) is 0 Å². The molecule has 3 aromatic rings. The van der Waals surface area contributed by atoms with Crippen molar-refractivity contribution in [3.8, 4) is 28.4 Å². The van der Waals surface area contributed by atoms with E-state index in [1.807, 2.05) is 30.3 Å². The second kappa shape index (κ2) is 16.7. The van der Waals surface area contributed by atoms with Gasteiger partial charge in [-0.15, -0.1) is 0 Å². The highest BCUT2D eigenvalue weighted by Gasteiger charge is 2.32. The fourth-order valence-corrected chi connectivity index (χ4v) is 6.97. The Balaban J connectivity index is 1.29. The van der Waals surface area contributed by atoms with Gasteiger partial charge >= 0.3 is 5.97 Å². The number of rotatable bonds is 14. The maximum atomic E-state index is 13.5. The van der Waals surface area contributed by atoms with Gasteiger partial charge in [0.25, 0.3) is 5.91 Å². The number of aliphatic carboxylic acids is 1. The van der Waals surface area contributed by atoms with Gasteiger partial charge in [0.15, 0.2) is 11.5 Å². The van der Waals surface area contributed by atoms with Crippen LogP contribution in [0, 0.1) is 0 Å². The smallest absolute Gasteiger partial charge is 0.307 e. The second-order valence-corrected chi connectivity index (χ2v) is 13.3. The van der Waals surface area contributed by atoms with E-state index in [9.17, 15) is 9.59 Å². The van der Waals surface area contributed by atoms with Gasteiger partial charge in [-0.05, 0) is 60.0 Å². The predicted octanol–water partition coefficient (Wildman–Crippen LogP) is 6.68. The van der Waals surface area contributed by atoms with Gasteiger partial charge in [0.1, 0.15) is 16.7 Å². The molecule has 0 radical (unpaired) electrons. The van der Waals surface area contributed by atoms with Gasteiger partial charge in [-0.1, -0.05) is 65.4 Å². The highest BCUT2D eigenvalue weighted by Crippen LogP contribution is 2.38. The SMILES string of the molecule is COc1ccc(CC(=O)O)cc1OCCCN1C(=O)C(=Cc2cc(-c3ccc(Cl)cc3Cl)ccc2OCCN2CCOCC2)SC1=S. The van der Waals surface area contributed by atoms with Crippen LogP contribution in [-0.4, -0.2) is 90.8 Å². The van der Waals surface area contributed by atoms with Crippen LogP contribution < -0.4 is 14.2 Å². The second-order valence-electron chi connectivity index (χ2n) is 10.8. The van der Waals surface area contributed by atoms with Crippen molar-refractivity contribution < 1.29 is 33.6 Å². The highest BCUT2D eigenvalue weighted by molar-refractivity contribution is 8.26. The van der Waals surface area contributed by atoms with E-state index in [0.717, 1.165) is 36.3 Å². The first-order valence-electron chi connectivity index (χ1n) is 15.0. The first-order valence-corrected chi connectivity index (χ1v) is 17.0. The van der Waals surface area contributed by atoms with Crippen LogP contribution in [0.4, 0.5) is 0 Å². The van der Waals surface area contributed by atoms with Crippen molar-refractivity contribution in [2.24, 2.45) is 0 Å². The lowest BCUT2D eigenvalue weighted by atomic mass is 10.0. The molecule has 1 N–H and O–H groups in total. The number of nitrogens with zero attached hydrogens (tertiary/aromatic N) is 2. The average molecular weight is 718 g/mol. The largest absolute Gasteiger partial charge is 0.493 e. The summed E-state index contributed by atoms with van der Waals surface area (Å²) in [6.07, 6.45) is 2.18. The quantitative estimate of drug-likeness (QED) is 0.111. The molecular formula is C34H34Cl2N2O7S2. The summed E-state index contributed by atoms with van der Waals surface area (Å²) in [6, 6.07) is 16.1. The van der Waals surface area contributed by atoms with E-state index in [2.05, 4.69) is 4.90 Å². The minimum Gasteiger partial charge on any atom is -0.493 e. The van der Waals surface area contributed by atoms with Crippen LogP contribution in [0.15, 0.2) is 59.5 Å². The van der Waals surface area contributed by atoms with Gasteiger partial charge in [0, 0.05) is 47.4 Å². The van der Waals surface area contributed by atoms with Crippen LogP contribution in [0.5, 0.6) is 17.2 Å². The molecule has 2 saturated heterocycles. The van der Waals surface area contributed by atoms with E-state index in [4.69, 9.17) is 59.5 Å². The fourth-order valence-electron chi connectivity index (χ4n) is 5.15. The summed E-state index contributed by atoms with van der Waals surface area (Å²) < 4.78 is 23.4. The maximum absolute atomic E-state index is 13.5. The summed E-state index contributed by atoms with van der Waals surface area (Å²) in [5, 5.41) is 10.2. The standard InChI is InChI=1S/C34H34Cl2N2O7S2/c1-42-29-7-3-22(18-32(39)40)17-30(29)44-13-2-9-38-33(41)31(47-34(38)46)20-24-19-23(26-6-5-25(35)21-27(26)36)4-8-28(24)45-16-12-37-10-14-43-15-11-37/h3-8,17,19-21H,2,9-16,18H2,1H3,(H,39,40). The average Bonchev–Trinajstić information content (AvgIpc) is 3.31. The number of morpholine rings is 1. The molecule has 2 fully saturated rings. The van der Waals surface area contributed by atoms with Crippen molar-refractivity contribution >= 4 is 69.5 Å². The molecule has 3 aromatic carbocycles. The number of hydrogen-bond acceptors (Lipinski definition) is 9. The number of amides is 1. The Hall–Kier alpha value is -3.32. The van der Waals surface area contributed by atoms with Crippen LogP contribution in [0.2, 0.25) is 10.0 Å². The van der Waals surface area contributed by atoms with Crippen LogP contribution in [-0.2, 0) is 20.7 Å². The summed E-state index contributed by atoms with van der Waals surface area (Å²) in [7, 11) is 1.52. The highest BCUT2D eigenvalue weighted by atomic mass is 35.5. The van der Waals surface area contributed by atoms with Gasteiger partial charge in [0.2, 0.25) is 0 Å². The van der Waals surface area contributed by atoms with Crippen molar-refractivity contribution in [1.82, 2.24) is 9.80 Å². The minimum atomic E-state index is -0.935. The molecule has 5 rings (SSSR count). The molecule has 248 valence electrons. The molecule has 0 saturated carbocycles. The summed E-state index contributed by atoms with van der Waals surface area (Å²) in [5.74, 6) is 0.451. The van der Waals surface area contributed by atoms with Gasteiger partial charge in [-0.25, -0.2) is 0 Å². The molecule has 9 nitrogen and oxygen atoms in total.